The third-order valence-corrected chi connectivity index (χ3v) is 3.91. The van der Waals surface area contributed by atoms with Crippen LogP contribution in [-0.4, -0.2) is 31.9 Å². The molecule has 2 aromatic heterocycles. The van der Waals surface area contributed by atoms with Crippen LogP contribution in [0.4, 0.5) is 5.69 Å². The van der Waals surface area contributed by atoms with Crippen molar-refractivity contribution in [1.82, 2.24) is 15.0 Å². The number of carboxylic acids is 1. The van der Waals surface area contributed by atoms with Crippen LogP contribution >= 0.6 is 11.6 Å². The summed E-state index contributed by atoms with van der Waals surface area (Å²) in [5, 5.41) is 12.7. The predicted octanol–water partition coefficient (Wildman–Crippen LogP) is 3.49. The SMILES string of the molecule is C=C(C)C(=O)Nc1cc(-c2ncnc3[nH]cc(C(=O)O)c23)ccc1Cl. The number of fused-ring (bicyclic) bond motifs is 1. The first-order valence-electron chi connectivity index (χ1n) is 7.20. The van der Waals surface area contributed by atoms with Crippen LogP contribution in [0, 0.1) is 0 Å². The summed E-state index contributed by atoms with van der Waals surface area (Å²) in [6.07, 6.45) is 2.70. The van der Waals surface area contributed by atoms with Gasteiger partial charge in [0.05, 0.1) is 27.4 Å². The molecule has 0 spiro atoms. The van der Waals surface area contributed by atoms with Gasteiger partial charge in [0.1, 0.15) is 12.0 Å². The second-order valence-electron chi connectivity index (χ2n) is 5.38. The van der Waals surface area contributed by atoms with Gasteiger partial charge >= 0.3 is 5.97 Å². The molecule has 0 atom stereocenters. The molecule has 0 saturated heterocycles. The van der Waals surface area contributed by atoms with E-state index >= 15 is 0 Å². The highest BCUT2D eigenvalue weighted by atomic mass is 35.5. The zero-order chi connectivity index (χ0) is 18.1. The Morgan fingerprint density at radius 3 is 2.76 bits per heavy atom. The van der Waals surface area contributed by atoms with Gasteiger partial charge in [-0.25, -0.2) is 14.8 Å². The first-order chi connectivity index (χ1) is 11.9. The van der Waals surface area contributed by atoms with Gasteiger partial charge in [0.2, 0.25) is 0 Å². The van der Waals surface area contributed by atoms with E-state index in [0.717, 1.165) is 0 Å². The van der Waals surface area contributed by atoms with Crippen molar-refractivity contribution < 1.29 is 14.7 Å². The number of halogens is 1. The first-order valence-corrected chi connectivity index (χ1v) is 7.58. The van der Waals surface area contributed by atoms with Crippen molar-refractivity contribution in [2.75, 3.05) is 5.32 Å². The molecule has 0 aliphatic rings. The van der Waals surface area contributed by atoms with E-state index < -0.39 is 5.97 Å². The molecule has 0 saturated carbocycles. The van der Waals surface area contributed by atoms with E-state index in [2.05, 4.69) is 26.8 Å². The van der Waals surface area contributed by atoms with Crippen molar-refractivity contribution in [2.45, 2.75) is 6.92 Å². The molecule has 3 N–H and O–H groups in total. The number of H-pyrrole nitrogens is 1. The molecule has 0 aliphatic carbocycles. The number of benzene rings is 1. The molecule has 1 amide bonds. The number of rotatable bonds is 4. The highest BCUT2D eigenvalue weighted by Crippen LogP contribution is 2.32. The summed E-state index contributed by atoms with van der Waals surface area (Å²) in [6.45, 7) is 5.16. The lowest BCUT2D eigenvalue weighted by atomic mass is 10.1. The molecular formula is C17H13ClN4O3. The molecule has 0 bridgehead atoms. The van der Waals surface area contributed by atoms with E-state index in [0.29, 0.717) is 38.6 Å². The van der Waals surface area contributed by atoms with Crippen molar-refractivity contribution in [3.05, 3.63) is 53.5 Å². The number of nitrogens with zero attached hydrogens (tertiary/aromatic N) is 2. The van der Waals surface area contributed by atoms with Crippen LogP contribution in [0.3, 0.4) is 0 Å². The molecule has 126 valence electrons. The number of amides is 1. The van der Waals surface area contributed by atoms with Gasteiger partial charge in [0, 0.05) is 17.3 Å². The number of anilines is 1. The van der Waals surface area contributed by atoms with Crippen LogP contribution < -0.4 is 5.32 Å². The van der Waals surface area contributed by atoms with Crippen LogP contribution in [0.25, 0.3) is 22.3 Å². The molecule has 1 aromatic carbocycles. The average molecular weight is 357 g/mol. The topological polar surface area (TPSA) is 108 Å². The molecule has 2 heterocycles. The van der Waals surface area contributed by atoms with Crippen LogP contribution in [0.15, 0.2) is 42.9 Å². The number of hydrogen-bond donors (Lipinski definition) is 3. The summed E-state index contributed by atoms with van der Waals surface area (Å²) in [5.41, 5.74) is 2.20. The predicted molar refractivity (Wildman–Crippen MR) is 94.7 cm³/mol. The van der Waals surface area contributed by atoms with E-state index in [9.17, 15) is 14.7 Å². The summed E-state index contributed by atoms with van der Waals surface area (Å²) in [6, 6.07) is 4.93. The zero-order valence-electron chi connectivity index (χ0n) is 13.1. The fourth-order valence-corrected chi connectivity index (χ4v) is 2.51. The molecule has 0 radical (unpaired) electrons. The summed E-state index contributed by atoms with van der Waals surface area (Å²) >= 11 is 6.13. The number of carboxylic acid groups (broad SMARTS) is 1. The Morgan fingerprint density at radius 2 is 2.08 bits per heavy atom. The Kier molecular flexibility index (Phi) is 4.24. The average Bonchev–Trinajstić information content (AvgIpc) is 3.01. The lowest BCUT2D eigenvalue weighted by Gasteiger charge is -2.10. The van der Waals surface area contributed by atoms with E-state index in [1.165, 1.54) is 12.5 Å². The Labute approximate surface area is 147 Å². The minimum Gasteiger partial charge on any atom is -0.478 e. The smallest absolute Gasteiger partial charge is 0.338 e. The van der Waals surface area contributed by atoms with Gasteiger partial charge < -0.3 is 15.4 Å². The molecule has 25 heavy (non-hydrogen) atoms. The van der Waals surface area contributed by atoms with Gasteiger partial charge in [-0.3, -0.25) is 4.79 Å². The normalized spacial score (nSPS) is 10.6. The highest BCUT2D eigenvalue weighted by molar-refractivity contribution is 6.34. The van der Waals surface area contributed by atoms with Crippen molar-refractivity contribution in [3.8, 4) is 11.3 Å². The van der Waals surface area contributed by atoms with E-state index in [1.807, 2.05) is 0 Å². The third-order valence-electron chi connectivity index (χ3n) is 3.58. The van der Waals surface area contributed by atoms with Gasteiger partial charge in [-0.05, 0) is 19.1 Å². The monoisotopic (exact) mass is 356 g/mol. The van der Waals surface area contributed by atoms with Gasteiger partial charge in [-0.1, -0.05) is 24.2 Å². The molecule has 3 aromatic rings. The Balaban J connectivity index is 2.16. The number of nitrogens with one attached hydrogen (secondary N) is 2. The Bertz CT molecular complexity index is 1030. The van der Waals surface area contributed by atoms with E-state index in [1.54, 1.807) is 25.1 Å². The summed E-state index contributed by atoms with van der Waals surface area (Å²) in [5.74, 6) is -1.45. The summed E-state index contributed by atoms with van der Waals surface area (Å²) in [4.78, 5) is 34.4. The second-order valence-corrected chi connectivity index (χ2v) is 5.79. The maximum absolute atomic E-state index is 11.8. The van der Waals surface area contributed by atoms with Gasteiger partial charge in [0.25, 0.3) is 5.91 Å². The quantitative estimate of drug-likeness (QED) is 0.620. The van der Waals surface area contributed by atoms with Gasteiger partial charge in [0.15, 0.2) is 0 Å². The lowest BCUT2D eigenvalue weighted by molar-refractivity contribution is -0.112. The van der Waals surface area contributed by atoms with Crippen LogP contribution in [0.1, 0.15) is 17.3 Å². The fraction of sp³-hybridized carbons (Fsp3) is 0.0588. The minimum atomic E-state index is -1.09. The van der Waals surface area contributed by atoms with E-state index in [4.69, 9.17) is 11.6 Å². The van der Waals surface area contributed by atoms with Crippen LogP contribution in [-0.2, 0) is 4.79 Å². The lowest BCUT2D eigenvalue weighted by Crippen LogP contribution is -2.12. The van der Waals surface area contributed by atoms with Crippen molar-refractivity contribution in [3.63, 3.8) is 0 Å². The van der Waals surface area contributed by atoms with Crippen LogP contribution in [0.5, 0.6) is 0 Å². The van der Waals surface area contributed by atoms with Crippen LogP contribution in [0.2, 0.25) is 5.02 Å². The molecular weight excluding hydrogens is 344 g/mol. The van der Waals surface area contributed by atoms with E-state index in [-0.39, 0.29) is 11.5 Å². The molecule has 0 aliphatic heterocycles. The number of hydrogen-bond acceptors (Lipinski definition) is 4. The number of carbonyl (C=O) groups is 2. The number of aromatic nitrogens is 3. The number of aromatic amines is 1. The fourth-order valence-electron chi connectivity index (χ4n) is 2.35. The second kappa shape index (κ2) is 6.37. The van der Waals surface area contributed by atoms with Crippen molar-refractivity contribution in [2.24, 2.45) is 0 Å². The van der Waals surface area contributed by atoms with Crippen molar-refractivity contribution in [1.29, 1.82) is 0 Å². The standard InChI is InChI=1S/C17H13ClN4O3/c1-8(2)16(23)22-12-5-9(3-4-11(12)18)14-13-10(17(24)25)6-19-15(13)21-7-20-14/h3-7H,1H2,2H3,(H,22,23)(H,24,25)(H,19,20,21). The molecule has 8 heteroatoms. The Morgan fingerprint density at radius 1 is 1.32 bits per heavy atom. The maximum Gasteiger partial charge on any atom is 0.338 e. The third kappa shape index (κ3) is 3.09. The Hall–Kier alpha value is -3.19. The molecule has 3 rings (SSSR count). The number of carbonyl (C=O) groups excluding carboxylic acids is 1. The molecule has 0 unspecified atom stereocenters. The van der Waals surface area contributed by atoms with Gasteiger partial charge in [-0.2, -0.15) is 0 Å². The number of aromatic carboxylic acids is 1. The maximum atomic E-state index is 11.8. The highest BCUT2D eigenvalue weighted by Gasteiger charge is 2.18. The van der Waals surface area contributed by atoms with Crippen molar-refractivity contribution >= 4 is 40.2 Å². The summed E-state index contributed by atoms with van der Waals surface area (Å²) in [7, 11) is 0. The minimum absolute atomic E-state index is 0.0630. The summed E-state index contributed by atoms with van der Waals surface area (Å²) < 4.78 is 0. The zero-order valence-corrected chi connectivity index (χ0v) is 13.9. The largest absolute Gasteiger partial charge is 0.478 e. The molecule has 0 fully saturated rings. The molecule has 7 nitrogen and oxygen atoms in total. The van der Waals surface area contributed by atoms with Gasteiger partial charge in [-0.15, -0.1) is 0 Å². The first kappa shape index (κ1) is 16.7.